The Balaban J connectivity index is 2.47. The van der Waals surface area contributed by atoms with Crippen LogP contribution in [-0.4, -0.2) is 29.8 Å². The van der Waals surface area contributed by atoms with Gasteiger partial charge in [-0.25, -0.2) is 0 Å². The van der Waals surface area contributed by atoms with Crippen LogP contribution in [0, 0.1) is 0 Å². The number of nitrogens with one attached hydrogen (secondary N) is 1. The number of hydrogen-bond acceptors (Lipinski definition) is 5. The SMILES string of the molecule is COC(=O)CNCc1ccc(O)cc1O. The molecule has 3 N–H and O–H groups in total. The van der Waals surface area contributed by atoms with E-state index in [4.69, 9.17) is 5.11 Å². The lowest BCUT2D eigenvalue weighted by Gasteiger charge is -2.06. The fourth-order valence-corrected chi connectivity index (χ4v) is 1.07. The van der Waals surface area contributed by atoms with Gasteiger partial charge >= 0.3 is 5.97 Å². The van der Waals surface area contributed by atoms with Crippen LogP contribution >= 0.6 is 0 Å². The van der Waals surface area contributed by atoms with Crippen LogP contribution in [0.4, 0.5) is 0 Å². The van der Waals surface area contributed by atoms with E-state index in [1.54, 1.807) is 6.07 Å². The molecule has 1 rings (SSSR count). The van der Waals surface area contributed by atoms with Crippen LogP contribution in [0.3, 0.4) is 0 Å². The van der Waals surface area contributed by atoms with Gasteiger partial charge in [-0.15, -0.1) is 0 Å². The van der Waals surface area contributed by atoms with Crippen molar-refractivity contribution in [2.45, 2.75) is 6.54 Å². The summed E-state index contributed by atoms with van der Waals surface area (Å²) >= 11 is 0. The van der Waals surface area contributed by atoms with Gasteiger partial charge in [0.2, 0.25) is 0 Å². The van der Waals surface area contributed by atoms with Crippen LogP contribution in [-0.2, 0) is 16.1 Å². The van der Waals surface area contributed by atoms with E-state index < -0.39 is 0 Å². The molecule has 0 fully saturated rings. The van der Waals surface area contributed by atoms with E-state index in [-0.39, 0.29) is 24.0 Å². The Bertz CT molecular complexity index is 351. The highest BCUT2D eigenvalue weighted by atomic mass is 16.5. The molecule has 0 amide bonds. The van der Waals surface area contributed by atoms with Gasteiger partial charge < -0.3 is 20.3 Å². The zero-order valence-corrected chi connectivity index (χ0v) is 8.36. The van der Waals surface area contributed by atoms with Crippen molar-refractivity contribution in [2.75, 3.05) is 13.7 Å². The van der Waals surface area contributed by atoms with E-state index in [9.17, 15) is 9.90 Å². The predicted octanol–water partition coefficient (Wildman–Crippen LogP) is 0.360. The normalized spacial score (nSPS) is 9.93. The standard InChI is InChI=1S/C10H13NO4/c1-15-10(14)6-11-5-7-2-3-8(12)4-9(7)13/h2-4,11-13H,5-6H2,1H3. The number of aromatic hydroxyl groups is 2. The van der Waals surface area contributed by atoms with Gasteiger partial charge in [0.25, 0.3) is 0 Å². The molecule has 0 aliphatic heterocycles. The lowest BCUT2D eigenvalue weighted by Crippen LogP contribution is -2.23. The maximum atomic E-state index is 10.8. The van der Waals surface area contributed by atoms with Crippen LogP contribution in [0.1, 0.15) is 5.56 Å². The topological polar surface area (TPSA) is 78.8 Å². The van der Waals surface area contributed by atoms with E-state index in [1.807, 2.05) is 0 Å². The first-order valence-electron chi connectivity index (χ1n) is 4.42. The number of ether oxygens (including phenoxy) is 1. The van der Waals surface area contributed by atoms with Crippen molar-refractivity contribution in [1.82, 2.24) is 5.32 Å². The first-order valence-corrected chi connectivity index (χ1v) is 4.42. The third-order valence-corrected chi connectivity index (χ3v) is 1.88. The Morgan fingerprint density at radius 1 is 1.47 bits per heavy atom. The summed E-state index contributed by atoms with van der Waals surface area (Å²) in [5.41, 5.74) is 0.608. The number of methoxy groups -OCH3 is 1. The summed E-state index contributed by atoms with van der Waals surface area (Å²) in [6.07, 6.45) is 0. The second kappa shape index (κ2) is 5.21. The highest BCUT2D eigenvalue weighted by molar-refractivity contribution is 5.71. The van der Waals surface area contributed by atoms with Crippen LogP contribution in [0.15, 0.2) is 18.2 Å². The molecule has 5 nitrogen and oxygen atoms in total. The van der Waals surface area contributed by atoms with Crippen LogP contribution in [0.25, 0.3) is 0 Å². The molecule has 0 aromatic heterocycles. The quantitative estimate of drug-likeness (QED) is 0.627. The number of carbonyl (C=O) groups is 1. The first-order chi connectivity index (χ1) is 7.13. The van der Waals surface area contributed by atoms with Crippen LogP contribution in [0.5, 0.6) is 11.5 Å². The summed E-state index contributed by atoms with van der Waals surface area (Å²) < 4.78 is 4.43. The van der Waals surface area contributed by atoms with Gasteiger partial charge in [0.05, 0.1) is 13.7 Å². The van der Waals surface area contributed by atoms with Gasteiger partial charge in [-0.1, -0.05) is 6.07 Å². The Morgan fingerprint density at radius 3 is 2.80 bits per heavy atom. The lowest BCUT2D eigenvalue weighted by atomic mass is 10.2. The second-order valence-corrected chi connectivity index (χ2v) is 2.99. The Labute approximate surface area is 87.3 Å². The van der Waals surface area contributed by atoms with Crippen molar-refractivity contribution in [3.05, 3.63) is 23.8 Å². The zero-order valence-electron chi connectivity index (χ0n) is 8.36. The first kappa shape index (κ1) is 11.3. The Morgan fingerprint density at radius 2 is 2.20 bits per heavy atom. The summed E-state index contributed by atoms with van der Waals surface area (Å²) in [5.74, 6) is -0.371. The molecule has 1 aromatic rings. The largest absolute Gasteiger partial charge is 0.508 e. The molecule has 15 heavy (non-hydrogen) atoms. The minimum atomic E-state index is -0.367. The zero-order chi connectivity index (χ0) is 11.3. The smallest absolute Gasteiger partial charge is 0.319 e. The number of rotatable bonds is 4. The highest BCUT2D eigenvalue weighted by Crippen LogP contribution is 2.21. The van der Waals surface area contributed by atoms with Crippen LogP contribution < -0.4 is 5.32 Å². The minimum absolute atomic E-state index is 0.00391. The Kier molecular flexibility index (Phi) is 3.93. The fourth-order valence-electron chi connectivity index (χ4n) is 1.07. The highest BCUT2D eigenvalue weighted by Gasteiger charge is 2.03. The molecule has 0 unspecified atom stereocenters. The van der Waals surface area contributed by atoms with E-state index in [1.165, 1.54) is 19.2 Å². The summed E-state index contributed by atoms with van der Waals surface area (Å²) in [6, 6.07) is 4.29. The molecule has 1 aromatic carbocycles. The molecule has 82 valence electrons. The van der Waals surface area contributed by atoms with Gasteiger partial charge in [0.15, 0.2) is 0 Å². The number of carbonyl (C=O) groups excluding carboxylic acids is 1. The van der Waals surface area contributed by atoms with Crippen molar-refractivity contribution >= 4 is 5.97 Å². The van der Waals surface area contributed by atoms with Crippen molar-refractivity contribution < 1.29 is 19.7 Å². The predicted molar refractivity (Wildman–Crippen MR) is 53.5 cm³/mol. The van der Waals surface area contributed by atoms with E-state index >= 15 is 0 Å². The van der Waals surface area contributed by atoms with Crippen molar-refractivity contribution in [2.24, 2.45) is 0 Å². The van der Waals surface area contributed by atoms with Crippen molar-refractivity contribution in [3.63, 3.8) is 0 Å². The second-order valence-electron chi connectivity index (χ2n) is 2.99. The lowest BCUT2D eigenvalue weighted by molar-refractivity contribution is -0.139. The average Bonchev–Trinajstić information content (AvgIpc) is 2.21. The molecule has 0 aliphatic rings. The molecule has 0 bridgehead atoms. The molecule has 0 saturated carbocycles. The maximum Gasteiger partial charge on any atom is 0.319 e. The third kappa shape index (κ3) is 3.47. The average molecular weight is 211 g/mol. The molecular formula is C10H13NO4. The number of phenolic OH excluding ortho intramolecular Hbond substituents is 2. The number of esters is 1. The molecule has 0 saturated heterocycles. The molecule has 5 heteroatoms. The van der Waals surface area contributed by atoms with Gasteiger partial charge in [-0.3, -0.25) is 4.79 Å². The maximum absolute atomic E-state index is 10.8. The van der Waals surface area contributed by atoms with Gasteiger partial charge in [-0.05, 0) is 6.07 Å². The molecule has 0 radical (unpaired) electrons. The molecule has 0 aliphatic carbocycles. The van der Waals surface area contributed by atoms with Crippen molar-refractivity contribution in [1.29, 1.82) is 0 Å². The van der Waals surface area contributed by atoms with E-state index in [2.05, 4.69) is 10.1 Å². The molecule has 0 atom stereocenters. The summed E-state index contributed by atoms with van der Waals surface area (Å²) in [7, 11) is 1.31. The van der Waals surface area contributed by atoms with E-state index in [0.717, 1.165) is 0 Å². The third-order valence-electron chi connectivity index (χ3n) is 1.88. The summed E-state index contributed by atoms with van der Waals surface area (Å²) in [4.78, 5) is 10.8. The summed E-state index contributed by atoms with van der Waals surface area (Å²) in [6.45, 7) is 0.415. The number of phenols is 2. The minimum Gasteiger partial charge on any atom is -0.508 e. The number of hydrogen-bond donors (Lipinski definition) is 3. The molecule has 0 heterocycles. The molecular weight excluding hydrogens is 198 g/mol. The van der Waals surface area contributed by atoms with Gasteiger partial charge in [-0.2, -0.15) is 0 Å². The summed E-state index contributed by atoms with van der Waals surface area (Å²) in [5, 5.41) is 21.2. The molecule has 0 spiro atoms. The van der Waals surface area contributed by atoms with E-state index in [0.29, 0.717) is 12.1 Å². The van der Waals surface area contributed by atoms with Gasteiger partial charge in [0, 0.05) is 18.2 Å². The van der Waals surface area contributed by atoms with Gasteiger partial charge in [0.1, 0.15) is 11.5 Å². The Hall–Kier alpha value is -1.75. The van der Waals surface area contributed by atoms with Crippen LogP contribution in [0.2, 0.25) is 0 Å². The fraction of sp³-hybridized carbons (Fsp3) is 0.300. The number of benzene rings is 1. The van der Waals surface area contributed by atoms with Crippen molar-refractivity contribution in [3.8, 4) is 11.5 Å². The monoisotopic (exact) mass is 211 g/mol.